The van der Waals surface area contributed by atoms with E-state index >= 15 is 0 Å². The molecule has 6 heteroatoms. The Morgan fingerprint density at radius 3 is 1.59 bits per heavy atom. The van der Waals surface area contributed by atoms with Gasteiger partial charge in [0.05, 0.1) is 13.2 Å². The van der Waals surface area contributed by atoms with Gasteiger partial charge in [-0.3, -0.25) is 0 Å². The summed E-state index contributed by atoms with van der Waals surface area (Å²) in [6.45, 7) is 4.31. The molecule has 0 saturated carbocycles. The summed E-state index contributed by atoms with van der Waals surface area (Å²) in [4.78, 5) is 24.8. The van der Waals surface area contributed by atoms with Gasteiger partial charge < -0.3 is 9.47 Å². The highest BCUT2D eigenvalue weighted by Gasteiger charge is 2.15. The van der Waals surface area contributed by atoms with Crippen molar-refractivity contribution < 1.29 is 19.1 Å². The van der Waals surface area contributed by atoms with Crippen molar-refractivity contribution in [3.63, 3.8) is 0 Å². The molecular weight excluding hydrogens is 320 g/mol. The van der Waals surface area contributed by atoms with Crippen molar-refractivity contribution in [3.8, 4) is 0 Å². The van der Waals surface area contributed by atoms with Crippen LogP contribution < -0.4 is 0 Å². The van der Waals surface area contributed by atoms with E-state index in [2.05, 4.69) is 0 Å². The first-order valence-corrected chi connectivity index (χ1v) is 8.57. The van der Waals surface area contributed by atoms with Crippen molar-refractivity contribution in [2.75, 3.05) is 13.2 Å². The number of hydrogen-bond acceptors (Lipinski definition) is 6. The second-order valence-corrected chi connectivity index (χ2v) is 6.76. The number of thiophene rings is 2. The molecule has 0 unspecified atom stereocenters. The highest BCUT2D eigenvalue weighted by Crippen LogP contribution is 2.34. The largest absolute Gasteiger partial charge is 0.462 e. The van der Waals surface area contributed by atoms with Gasteiger partial charge >= 0.3 is 11.9 Å². The van der Waals surface area contributed by atoms with E-state index in [9.17, 15) is 9.59 Å². The SMILES string of the molecule is CCOC(=O)c1cc2cc3sc(C(=O)OCC)cc3cc2s1. The molecule has 0 N–H and O–H groups in total. The van der Waals surface area contributed by atoms with Crippen LogP contribution in [0.3, 0.4) is 0 Å². The van der Waals surface area contributed by atoms with E-state index in [1.165, 1.54) is 22.7 Å². The molecule has 22 heavy (non-hydrogen) atoms. The fraction of sp³-hybridized carbons (Fsp3) is 0.250. The molecule has 0 saturated heterocycles. The van der Waals surface area contributed by atoms with E-state index in [0.717, 1.165) is 20.2 Å². The van der Waals surface area contributed by atoms with Crippen LogP contribution in [0.25, 0.3) is 20.2 Å². The van der Waals surface area contributed by atoms with Gasteiger partial charge in [-0.15, -0.1) is 22.7 Å². The van der Waals surface area contributed by atoms with Gasteiger partial charge in [-0.05, 0) is 48.9 Å². The third-order valence-corrected chi connectivity index (χ3v) is 5.26. The molecule has 3 aromatic rings. The van der Waals surface area contributed by atoms with E-state index in [4.69, 9.17) is 9.47 Å². The van der Waals surface area contributed by atoms with Crippen LogP contribution in [0.5, 0.6) is 0 Å². The molecule has 0 bridgehead atoms. The van der Waals surface area contributed by atoms with Gasteiger partial charge in [0, 0.05) is 9.40 Å². The maximum Gasteiger partial charge on any atom is 0.348 e. The normalized spacial score (nSPS) is 11.0. The highest BCUT2D eigenvalue weighted by molar-refractivity contribution is 7.22. The lowest BCUT2D eigenvalue weighted by Gasteiger charge is -1.96. The molecule has 0 aliphatic heterocycles. The van der Waals surface area contributed by atoms with Gasteiger partial charge in [0.25, 0.3) is 0 Å². The van der Waals surface area contributed by atoms with Gasteiger partial charge in [-0.1, -0.05) is 0 Å². The summed E-state index contributed by atoms with van der Waals surface area (Å²) in [5.41, 5.74) is 0. The molecule has 0 aliphatic rings. The average molecular weight is 334 g/mol. The molecule has 0 amide bonds. The summed E-state index contributed by atoms with van der Waals surface area (Å²) in [7, 11) is 0. The molecule has 1 aromatic carbocycles. The van der Waals surface area contributed by atoms with Crippen molar-refractivity contribution in [2.45, 2.75) is 13.8 Å². The van der Waals surface area contributed by atoms with Gasteiger partial charge in [0.15, 0.2) is 0 Å². The van der Waals surface area contributed by atoms with Crippen molar-refractivity contribution in [2.24, 2.45) is 0 Å². The lowest BCUT2D eigenvalue weighted by atomic mass is 10.2. The van der Waals surface area contributed by atoms with E-state index < -0.39 is 0 Å². The smallest absolute Gasteiger partial charge is 0.348 e. The van der Waals surface area contributed by atoms with Crippen LogP contribution in [0.2, 0.25) is 0 Å². The fourth-order valence-electron chi connectivity index (χ4n) is 2.18. The summed E-state index contributed by atoms with van der Waals surface area (Å²) in [5, 5.41) is 1.97. The van der Waals surface area contributed by atoms with Gasteiger partial charge in [-0.2, -0.15) is 0 Å². The third kappa shape index (κ3) is 2.71. The molecule has 0 aliphatic carbocycles. The number of hydrogen-bond donors (Lipinski definition) is 0. The van der Waals surface area contributed by atoms with Gasteiger partial charge in [0.1, 0.15) is 9.75 Å². The van der Waals surface area contributed by atoms with Crippen LogP contribution in [-0.2, 0) is 9.47 Å². The number of carbonyl (C=O) groups excluding carboxylic acids is 2. The average Bonchev–Trinajstić information content (AvgIpc) is 3.07. The van der Waals surface area contributed by atoms with E-state index in [1.807, 2.05) is 24.3 Å². The Balaban J connectivity index is 2.02. The summed E-state index contributed by atoms with van der Waals surface area (Å²) in [5.74, 6) is -0.585. The van der Waals surface area contributed by atoms with Crippen molar-refractivity contribution in [1.29, 1.82) is 0 Å². The molecular formula is C16H14O4S2. The predicted molar refractivity (Wildman–Crippen MR) is 89.1 cm³/mol. The molecule has 2 aromatic heterocycles. The second-order valence-electron chi connectivity index (χ2n) is 4.59. The molecule has 0 fully saturated rings. The Bertz CT molecular complexity index is 741. The molecule has 0 spiro atoms. The van der Waals surface area contributed by atoms with Gasteiger partial charge in [-0.25, -0.2) is 9.59 Å². The Hall–Kier alpha value is -1.92. The minimum atomic E-state index is -0.292. The summed E-state index contributed by atoms with van der Waals surface area (Å²) < 4.78 is 12.1. The van der Waals surface area contributed by atoms with Crippen molar-refractivity contribution in [1.82, 2.24) is 0 Å². The quantitative estimate of drug-likeness (QED) is 0.661. The number of ether oxygens (including phenoxy) is 2. The summed E-state index contributed by atoms with van der Waals surface area (Å²) in [6, 6.07) is 7.66. The zero-order valence-electron chi connectivity index (χ0n) is 12.2. The van der Waals surface area contributed by atoms with Crippen LogP contribution in [0.4, 0.5) is 0 Å². The zero-order valence-corrected chi connectivity index (χ0v) is 13.8. The lowest BCUT2D eigenvalue weighted by molar-refractivity contribution is 0.0522. The zero-order chi connectivity index (χ0) is 15.7. The number of benzene rings is 1. The second kappa shape index (κ2) is 6.06. The highest BCUT2D eigenvalue weighted by atomic mass is 32.1. The van der Waals surface area contributed by atoms with Crippen LogP contribution in [0.15, 0.2) is 24.3 Å². The number of carbonyl (C=O) groups is 2. The van der Waals surface area contributed by atoms with Crippen LogP contribution in [0, 0.1) is 0 Å². The first-order valence-electron chi connectivity index (χ1n) is 6.93. The van der Waals surface area contributed by atoms with E-state index in [-0.39, 0.29) is 11.9 Å². The maximum atomic E-state index is 11.8. The Kier molecular flexibility index (Phi) is 4.13. The predicted octanol–water partition coefficient (Wildman–Crippen LogP) is 4.47. The number of rotatable bonds is 4. The van der Waals surface area contributed by atoms with Crippen molar-refractivity contribution in [3.05, 3.63) is 34.0 Å². The Morgan fingerprint density at radius 1 is 0.818 bits per heavy atom. The monoisotopic (exact) mass is 334 g/mol. The fourth-order valence-corrected chi connectivity index (χ4v) is 4.15. The number of fused-ring (bicyclic) bond motifs is 2. The van der Waals surface area contributed by atoms with E-state index in [0.29, 0.717) is 23.0 Å². The molecule has 0 radical (unpaired) electrons. The number of esters is 2. The van der Waals surface area contributed by atoms with E-state index in [1.54, 1.807) is 13.8 Å². The lowest BCUT2D eigenvalue weighted by Crippen LogP contribution is -2.01. The summed E-state index contributed by atoms with van der Waals surface area (Å²) >= 11 is 2.80. The van der Waals surface area contributed by atoms with Crippen molar-refractivity contribution >= 4 is 54.8 Å². The Morgan fingerprint density at radius 2 is 1.23 bits per heavy atom. The third-order valence-electron chi connectivity index (χ3n) is 3.11. The first-order chi connectivity index (χ1) is 10.6. The Labute approximate surface area is 135 Å². The molecule has 2 heterocycles. The van der Waals surface area contributed by atoms with Crippen LogP contribution in [-0.4, -0.2) is 25.2 Å². The molecule has 0 atom stereocenters. The molecule has 3 rings (SSSR count). The minimum Gasteiger partial charge on any atom is -0.462 e. The summed E-state index contributed by atoms with van der Waals surface area (Å²) in [6.07, 6.45) is 0. The topological polar surface area (TPSA) is 52.6 Å². The molecule has 4 nitrogen and oxygen atoms in total. The first kappa shape index (κ1) is 15.0. The molecule has 114 valence electrons. The minimum absolute atomic E-state index is 0.292. The standard InChI is InChI=1S/C16H14O4S2/c1-3-19-15(17)13-7-9-5-12-10(6-11(9)21-13)8-14(22-12)16(18)20-4-2/h5-8H,3-4H2,1-2H3. The van der Waals surface area contributed by atoms with Crippen LogP contribution >= 0.6 is 22.7 Å². The van der Waals surface area contributed by atoms with Crippen LogP contribution in [0.1, 0.15) is 33.2 Å². The maximum absolute atomic E-state index is 11.8. The van der Waals surface area contributed by atoms with Gasteiger partial charge in [0.2, 0.25) is 0 Å².